The van der Waals surface area contributed by atoms with Gasteiger partial charge in [-0.05, 0) is 6.07 Å². The van der Waals surface area contributed by atoms with E-state index < -0.39 is 15.7 Å². The summed E-state index contributed by atoms with van der Waals surface area (Å²) in [5.74, 6) is 0.576. The molecule has 0 saturated heterocycles. The number of amides is 1. The number of aromatic nitrogens is 1. The number of carbonyl (C=O) groups excluding carboxylic acids is 1. The summed E-state index contributed by atoms with van der Waals surface area (Å²) in [7, 11) is -3.18. The third-order valence-corrected chi connectivity index (χ3v) is 5.37. The van der Waals surface area contributed by atoms with Crippen LogP contribution in [0.4, 0.5) is 5.13 Å². The highest BCUT2D eigenvalue weighted by atomic mass is 35.5. The largest absolute Gasteiger partial charge is 0.486 e. The van der Waals surface area contributed by atoms with E-state index in [-0.39, 0.29) is 12.2 Å². The predicted octanol–water partition coefficient (Wildman–Crippen LogP) is 2.61. The molecule has 2 aromatic rings. The molecule has 0 fully saturated rings. The van der Waals surface area contributed by atoms with E-state index in [0.29, 0.717) is 46.1 Å². The number of carbonyl (C=O) groups is 1. The SMILES string of the molecule is CS(=O)(=O)CCC(=O)Nc1nc(-c2cc3c(cc2Cl)OCCO3)cs1. The highest BCUT2D eigenvalue weighted by molar-refractivity contribution is 7.90. The van der Waals surface area contributed by atoms with Crippen molar-refractivity contribution in [3.8, 4) is 22.8 Å². The number of sulfone groups is 1. The van der Waals surface area contributed by atoms with Crippen LogP contribution in [0.2, 0.25) is 5.02 Å². The molecule has 1 aromatic carbocycles. The summed E-state index contributed by atoms with van der Waals surface area (Å²) in [6.07, 6.45) is 0.976. The molecule has 1 aliphatic rings. The van der Waals surface area contributed by atoms with E-state index in [4.69, 9.17) is 21.1 Å². The first-order valence-corrected chi connectivity index (χ1v) is 10.7. The molecule has 0 unspecified atom stereocenters. The van der Waals surface area contributed by atoms with Gasteiger partial charge in [0.15, 0.2) is 16.6 Å². The van der Waals surface area contributed by atoms with E-state index in [1.165, 1.54) is 11.3 Å². The average Bonchev–Trinajstić information content (AvgIpc) is 3.00. The van der Waals surface area contributed by atoms with Crippen molar-refractivity contribution < 1.29 is 22.7 Å². The van der Waals surface area contributed by atoms with Gasteiger partial charge in [-0.2, -0.15) is 0 Å². The first kappa shape index (κ1) is 18.0. The summed E-state index contributed by atoms with van der Waals surface area (Å²) in [6.45, 7) is 0.940. The monoisotopic (exact) mass is 402 g/mol. The summed E-state index contributed by atoms with van der Waals surface area (Å²) in [6, 6.07) is 3.43. The molecule has 0 spiro atoms. The van der Waals surface area contributed by atoms with Gasteiger partial charge in [0.05, 0.1) is 16.5 Å². The van der Waals surface area contributed by atoms with Crippen molar-refractivity contribution in [2.24, 2.45) is 0 Å². The smallest absolute Gasteiger partial charge is 0.227 e. The Bertz CT molecular complexity index is 911. The molecule has 1 aromatic heterocycles. The number of ether oxygens (including phenoxy) is 2. The Hall–Kier alpha value is -1.84. The molecule has 0 atom stereocenters. The number of benzene rings is 1. The van der Waals surface area contributed by atoms with Gasteiger partial charge >= 0.3 is 0 Å². The van der Waals surface area contributed by atoms with Crippen LogP contribution in [0.5, 0.6) is 11.5 Å². The molecular formula is C15H15ClN2O5S2. The van der Waals surface area contributed by atoms with Crippen LogP contribution in [-0.4, -0.2) is 44.5 Å². The van der Waals surface area contributed by atoms with Gasteiger partial charge in [0.25, 0.3) is 0 Å². The summed E-state index contributed by atoms with van der Waals surface area (Å²) in [4.78, 5) is 16.1. The summed E-state index contributed by atoms with van der Waals surface area (Å²) >= 11 is 7.51. The Morgan fingerprint density at radius 1 is 1.32 bits per heavy atom. The zero-order chi connectivity index (χ0) is 18.0. The number of halogens is 1. The molecule has 0 bridgehead atoms. The van der Waals surface area contributed by atoms with E-state index in [0.717, 1.165) is 6.26 Å². The lowest BCUT2D eigenvalue weighted by Crippen LogP contribution is -2.16. The second-order valence-corrected chi connectivity index (χ2v) is 8.97. The van der Waals surface area contributed by atoms with Crippen LogP contribution in [0.1, 0.15) is 6.42 Å². The third-order valence-electron chi connectivity index (χ3n) is 3.36. The lowest BCUT2D eigenvalue weighted by atomic mass is 10.1. The highest BCUT2D eigenvalue weighted by Gasteiger charge is 2.18. The first-order chi connectivity index (χ1) is 11.8. The molecule has 0 aliphatic carbocycles. The number of rotatable bonds is 5. The van der Waals surface area contributed by atoms with E-state index in [1.54, 1.807) is 17.5 Å². The van der Waals surface area contributed by atoms with Crippen LogP contribution in [-0.2, 0) is 14.6 Å². The number of nitrogens with zero attached hydrogens (tertiary/aromatic N) is 1. The molecule has 3 rings (SSSR count). The van der Waals surface area contributed by atoms with E-state index >= 15 is 0 Å². The van der Waals surface area contributed by atoms with E-state index in [1.807, 2.05) is 0 Å². The molecular weight excluding hydrogens is 388 g/mol. The standard InChI is InChI=1S/C15H15ClN2O5S2/c1-25(20,21)5-2-14(19)18-15-17-11(8-24-15)9-6-12-13(7-10(9)16)23-4-3-22-12/h6-8H,2-5H2,1H3,(H,17,18,19). The van der Waals surface area contributed by atoms with Crippen LogP contribution in [0, 0.1) is 0 Å². The minimum Gasteiger partial charge on any atom is -0.486 e. The molecule has 10 heteroatoms. The number of nitrogens with one attached hydrogen (secondary N) is 1. The van der Waals surface area contributed by atoms with Crippen molar-refractivity contribution in [1.29, 1.82) is 0 Å². The maximum absolute atomic E-state index is 11.8. The molecule has 2 heterocycles. The van der Waals surface area contributed by atoms with Crippen molar-refractivity contribution in [2.75, 3.05) is 30.5 Å². The second-order valence-electron chi connectivity index (χ2n) is 5.44. The van der Waals surface area contributed by atoms with Gasteiger partial charge in [0, 0.05) is 29.7 Å². The summed E-state index contributed by atoms with van der Waals surface area (Å²) in [5, 5.41) is 5.18. The normalized spacial score (nSPS) is 13.5. The van der Waals surface area contributed by atoms with Gasteiger partial charge in [0.1, 0.15) is 23.1 Å². The minimum atomic E-state index is -3.18. The molecule has 1 N–H and O–H groups in total. The Labute approximate surface area is 153 Å². The van der Waals surface area contributed by atoms with Crippen LogP contribution in [0.25, 0.3) is 11.3 Å². The lowest BCUT2D eigenvalue weighted by molar-refractivity contribution is -0.115. The van der Waals surface area contributed by atoms with Gasteiger partial charge in [-0.25, -0.2) is 13.4 Å². The summed E-state index contributed by atoms with van der Waals surface area (Å²) < 4.78 is 33.2. The summed E-state index contributed by atoms with van der Waals surface area (Å²) in [5.41, 5.74) is 1.25. The molecule has 7 nitrogen and oxygen atoms in total. The zero-order valence-electron chi connectivity index (χ0n) is 13.2. The Kier molecular flexibility index (Phi) is 5.16. The van der Waals surface area contributed by atoms with Gasteiger partial charge < -0.3 is 14.8 Å². The zero-order valence-corrected chi connectivity index (χ0v) is 15.6. The van der Waals surface area contributed by atoms with Crippen molar-refractivity contribution >= 4 is 43.8 Å². The number of anilines is 1. The maximum atomic E-state index is 11.8. The molecule has 0 radical (unpaired) electrons. The highest BCUT2D eigenvalue weighted by Crippen LogP contribution is 2.40. The average molecular weight is 403 g/mol. The van der Waals surface area contributed by atoms with E-state index in [9.17, 15) is 13.2 Å². The van der Waals surface area contributed by atoms with Crippen LogP contribution in [0.15, 0.2) is 17.5 Å². The third kappa shape index (κ3) is 4.62. The Balaban J connectivity index is 1.74. The quantitative estimate of drug-likeness (QED) is 0.826. The van der Waals surface area contributed by atoms with Gasteiger partial charge in [0.2, 0.25) is 5.91 Å². The molecule has 0 saturated carbocycles. The number of hydrogen-bond donors (Lipinski definition) is 1. The fourth-order valence-corrected chi connectivity index (χ4v) is 3.71. The van der Waals surface area contributed by atoms with Crippen molar-refractivity contribution in [1.82, 2.24) is 4.98 Å². The number of fused-ring (bicyclic) bond motifs is 1. The molecule has 25 heavy (non-hydrogen) atoms. The van der Waals surface area contributed by atoms with Crippen LogP contribution in [0.3, 0.4) is 0 Å². The fraction of sp³-hybridized carbons (Fsp3) is 0.333. The lowest BCUT2D eigenvalue weighted by Gasteiger charge is -2.19. The van der Waals surface area contributed by atoms with Crippen LogP contribution >= 0.6 is 22.9 Å². The Morgan fingerprint density at radius 2 is 2.00 bits per heavy atom. The van der Waals surface area contributed by atoms with Gasteiger partial charge in [-0.3, -0.25) is 4.79 Å². The first-order valence-electron chi connectivity index (χ1n) is 7.34. The number of thiazole rings is 1. The number of hydrogen-bond acceptors (Lipinski definition) is 7. The molecule has 134 valence electrons. The fourth-order valence-electron chi connectivity index (χ4n) is 2.17. The topological polar surface area (TPSA) is 94.6 Å². The van der Waals surface area contributed by atoms with Gasteiger partial charge in [-0.15, -0.1) is 11.3 Å². The molecule has 1 amide bonds. The molecule has 1 aliphatic heterocycles. The van der Waals surface area contributed by atoms with Crippen molar-refractivity contribution in [3.63, 3.8) is 0 Å². The minimum absolute atomic E-state index is 0.113. The van der Waals surface area contributed by atoms with Crippen LogP contribution < -0.4 is 14.8 Å². The van der Waals surface area contributed by atoms with E-state index in [2.05, 4.69) is 10.3 Å². The van der Waals surface area contributed by atoms with Crippen molar-refractivity contribution in [2.45, 2.75) is 6.42 Å². The van der Waals surface area contributed by atoms with Crippen molar-refractivity contribution in [3.05, 3.63) is 22.5 Å². The predicted molar refractivity (Wildman–Crippen MR) is 96.5 cm³/mol. The maximum Gasteiger partial charge on any atom is 0.227 e. The second kappa shape index (κ2) is 7.19. The Morgan fingerprint density at radius 3 is 2.68 bits per heavy atom. The van der Waals surface area contributed by atoms with Gasteiger partial charge in [-0.1, -0.05) is 11.6 Å².